The molecular weight excluding hydrogens is 459 g/mol. The largest absolute Gasteiger partial charge is 0.490 e. The number of piperidine rings is 1. The summed E-state index contributed by atoms with van der Waals surface area (Å²) in [4.78, 5) is 15.5. The Balaban J connectivity index is 1.32. The number of halogens is 1. The van der Waals surface area contributed by atoms with E-state index in [0.29, 0.717) is 44.9 Å². The van der Waals surface area contributed by atoms with Crippen LogP contribution in [0.4, 0.5) is 4.39 Å². The lowest BCUT2D eigenvalue weighted by atomic mass is 9.96. The Hall–Kier alpha value is -2.65. The minimum Gasteiger partial charge on any atom is -0.490 e. The lowest BCUT2D eigenvalue weighted by Crippen LogP contribution is -2.46. The van der Waals surface area contributed by atoms with Crippen LogP contribution in [-0.4, -0.2) is 56.4 Å². The molecule has 0 aliphatic carbocycles. The van der Waals surface area contributed by atoms with Crippen molar-refractivity contribution in [1.82, 2.24) is 9.21 Å². The molecule has 2 saturated heterocycles. The summed E-state index contributed by atoms with van der Waals surface area (Å²) in [6.07, 6.45) is 3.85. The van der Waals surface area contributed by atoms with E-state index in [9.17, 15) is 17.6 Å². The number of rotatable bonds is 4. The number of hydrogen-bond acceptors (Lipinski definition) is 5. The number of carbonyl (C=O) groups is 1. The molecule has 2 aromatic rings. The second-order valence-corrected chi connectivity index (χ2v) is 11.0. The molecule has 0 aromatic heterocycles. The third kappa shape index (κ3) is 4.51. The normalized spacial score (nSPS) is 23.5. The molecule has 0 N–H and O–H groups in total. The fourth-order valence-corrected chi connectivity index (χ4v) is 6.64. The van der Waals surface area contributed by atoms with Crippen LogP contribution >= 0.6 is 0 Å². The molecule has 34 heavy (non-hydrogen) atoms. The molecule has 182 valence electrons. The molecule has 2 atom stereocenters. The van der Waals surface area contributed by atoms with Crippen LogP contribution < -0.4 is 9.47 Å². The van der Waals surface area contributed by atoms with Crippen molar-refractivity contribution in [3.05, 3.63) is 53.8 Å². The van der Waals surface area contributed by atoms with Crippen LogP contribution in [0, 0.1) is 11.7 Å². The first kappa shape index (κ1) is 23.1. The van der Waals surface area contributed by atoms with Gasteiger partial charge in [0.2, 0.25) is 15.9 Å². The van der Waals surface area contributed by atoms with Crippen LogP contribution in [0.1, 0.15) is 43.7 Å². The Bertz CT molecular complexity index is 1150. The second-order valence-electron chi connectivity index (χ2n) is 9.10. The van der Waals surface area contributed by atoms with E-state index in [0.717, 1.165) is 42.7 Å². The third-order valence-electron chi connectivity index (χ3n) is 6.88. The Morgan fingerprint density at radius 3 is 2.44 bits per heavy atom. The van der Waals surface area contributed by atoms with Gasteiger partial charge in [0.1, 0.15) is 5.82 Å². The topological polar surface area (TPSA) is 76.2 Å². The van der Waals surface area contributed by atoms with Gasteiger partial charge in [-0.2, -0.15) is 4.31 Å². The highest BCUT2D eigenvalue weighted by atomic mass is 32.2. The van der Waals surface area contributed by atoms with Crippen LogP contribution in [0.3, 0.4) is 0 Å². The molecule has 0 unspecified atom stereocenters. The monoisotopic (exact) mass is 488 g/mol. The number of ether oxygens (including phenoxy) is 2. The van der Waals surface area contributed by atoms with E-state index in [1.165, 1.54) is 16.4 Å². The lowest BCUT2D eigenvalue weighted by Gasteiger charge is -2.35. The van der Waals surface area contributed by atoms with Crippen LogP contribution in [0.25, 0.3) is 0 Å². The van der Waals surface area contributed by atoms with Crippen LogP contribution in [-0.2, 0) is 14.8 Å². The average molecular weight is 489 g/mol. The maximum absolute atomic E-state index is 13.6. The summed E-state index contributed by atoms with van der Waals surface area (Å²) in [5.74, 6) is 0.550. The predicted molar refractivity (Wildman–Crippen MR) is 124 cm³/mol. The highest BCUT2D eigenvalue weighted by molar-refractivity contribution is 7.89. The van der Waals surface area contributed by atoms with E-state index in [1.54, 1.807) is 0 Å². The van der Waals surface area contributed by atoms with Crippen molar-refractivity contribution >= 4 is 15.9 Å². The van der Waals surface area contributed by atoms with Crippen molar-refractivity contribution in [2.75, 3.05) is 32.8 Å². The summed E-state index contributed by atoms with van der Waals surface area (Å²) in [5.41, 5.74) is 1.02. The van der Waals surface area contributed by atoms with Gasteiger partial charge < -0.3 is 14.4 Å². The average Bonchev–Trinajstić information content (AvgIpc) is 3.22. The number of benzene rings is 2. The van der Waals surface area contributed by atoms with Gasteiger partial charge in [-0.1, -0.05) is 6.07 Å². The summed E-state index contributed by atoms with van der Waals surface area (Å²) in [7, 11) is -3.78. The quantitative estimate of drug-likeness (QED) is 0.655. The number of nitrogens with zero attached hydrogens (tertiary/aromatic N) is 2. The maximum atomic E-state index is 13.6. The predicted octanol–water partition coefficient (Wildman–Crippen LogP) is 3.75. The number of amides is 1. The SMILES string of the molecule is O=C([C@H]1CCCN(S(=O)(=O)c2ccc(F)cc2)C1)N1CCC[C@H]1c1ccc2c(c1)OCCCO2. The van der Waals surface area contributed by atoms with Gasteiger partial charge in [0.05, 0.1) is 30.1 Å². The van der Waals surface area contributed by atoms with E-state index in [1.807, 2.05) is 23.1 Å². The van der Waals surface area contributed by atoms with Crippen molar-refractivity contribution < 1.29 is 27.1 Å². The van der Waals surface area contributed by atoms with Gasteiger partial charge in [-0.05, 0) is 67.6 Å². The van der Waals surface area contributed by atoms with Gasteiger partial charge >= 0.3 is 0 Å². The fourth-order valence-electron chi connectivity index (χ4n) is 5.12. The van der Waals surface area contributed by atoms with E-state index < -0.39 is 21.8 Å². The molecule has 1 amide bonds. The van der Waals surface area contributed by atoms with Gasteiger partial charge in [0.25, 0.3) is 0 Å². The fraction of sp³-hybridized carbons (Fsp3) is 0.480. The molecule has 0 spiro atoms. The zero-order valence-electron chi connectivity index (χ0n) is 19.0. The molecule has 9 heteroatoms. The first-order valence-electron chi connectivity index (χ1n) is 11.9. The first-order chi connectivity index (χ1) is 16.4. The van der Waals surface area contributed by atoms with Gasteiger partial charge in [-0.15, -0.1) is 0 Å². The number of hydrogen-bond donors (Lipinski definition) is 0. The Labute approximate surface area is 199 Å². The standard InChI is InChI=1S/C25H29FN2O5S/c26-20-7-9-21(10-8-20)34(30,31)27-12-1-4-19(17-27)25(29)28-13-2-5-22(28)18-6-11-23-24(16-18)33-15-3-14-32-23/h6-11,16,19,22H,1-5,12-15,17H2/t19-,22-/m0/s1. The molecule has 2 fully saturated rings. The van der Waals surface area contributed by atoms with Crippen LogP contribution in [0.2, 0.25) is 0 Å². The zero-order chi connectivity index (χ0) is 23.7. The van der Waals surface area contributed by atoms with Gasteiger partial charge in [-0.25, -0.2) is 12.8 Å². The Morgan fingerprint density at radius 1 is 0.912 bits per heavy atom. The highest BCUT2D eigenvalue weighted by Gasteiger charge is 2.39. The van der Waals surface area contributed by atoms with Crippen molar-refractivity contribution in [3.63, 3.8) is 0 Å². The second kappa shape index (κ2) is 9.54. The van der Waals surface area contributed by atoms with Gasteiger partial charge in [0.15, 0.2) is 11.5 Å². The minimum atomic E-state index is -3.78. The molecule has 0 radical (unpaired) electrons. The molecule has 0 saturated carbocycles. The van der Waals surface area contributed by atoms with E-state index in [4.69, 9.17) is 9.47 Å². The minimum absolute atomic E-state index is 0.00591. The van der Waals surface area contributed by atoms with Crippen molar-refractivity contribution in [3.8, 4) is 11.5 Å². The molecule has 5 rings (SSSR count). The lowest BCUT2D eigenvalue weighted by molar-refractivity contribution is -0.137. The van der Waals surface area contributed by atoms with Gasteiger partial charge in [-0.3, -0.25) is 4.79 Å². The molecule has 2 aromatic carbocycles. The molecule has 7 nitrogen and oxygen atoms in total. The molecule has 3 aliphatic heterocycles. The van der Waals surface area contributed by atoms with Crippen molar-refractivity contribution in [2.45, 2.75) is 43.0 Å². The maximum Gasteiger partial charge on any atom is 0.243 e. The number of carbonyl (C=O) groups excluding carboxylic acids is 1. The summed E-state index contributed by atoms with van der Waals surface area (Å²) in [5, 5.41) is 0. The van der Waals surface area contributed by atoms with Crippen molar-refractivity contribution in [1.29, 1.82) is 0 Å². The highest BCUT2D eigenvalue weighted by Crippen LogP contribution is 2.39. The molecule has 0 bridgehead atoms. The zero-order valence-corrected chi connectivity index (χ0v) is 19.8. The van der Waals surface area contributed by atoms with E-state index >= 15 is 0 Å². The van der Waals surface area contributed by atoms with Gasteiger partial charge in [0, 0.05) is 26.1 Å². The summed E-state index contributed by atoms with van der Waals surface area (Å²) < 4.78 is 52.4. The number of sulfonamides is 1. The molecular formula is C25H29FN2O5S. The summed E-state index contributed by atoms with van der Waals surface area (Å²) in [6.45, 7) is 2.38. The Kier molecular flexibility index (Phi) is 6.48. The van der Waals surface area contributed by atoms with Crippen LogP contribution in [0.5, 0.6) is 11.5 Å². The van der Waals surface area contributed by atoms with E-state index in [-0.39, 0.29) is 23.4 Å². The number of fused-ring (bicyclic) bond motifs is 1. The first-order valence-corrected chi connectivity index (χ1v) is 13.3. The molecule has 3 heterocycles. The third-order valence-corrected chi connectivity index (χ3v) is 8.76. The summed E-state index contributed by atoms with van der Waals surface area (Å²) in [6, 6.07) is 10.7. The summed E-state index contributed by atoms with van der Waals surface area (Å²) >= 11 is 0. The van der Waals surface area contributed by atoms with Crippen LogP contribution in [0.15, 0.2) is 47.4 Å². The smallest absolute Gasteiger partial charge is 0.243 e. The molecule has 3 aliphatic rings. The number of likely N-dealkylation sites (tertiary alicyclic amines) is 1. The Morgan fingerprint density at radius 2 is 1.65 bits per heavy atom. The van der Waals surface area contributed by atoms with Crippen molar-refractivity contribution in [2.24, 2.45) is 5.92 Å². The van der Waals surface area contributed by atoms with E-state index in [2.05, 4.69) is 0 Å².